The van der Waals surface area contributed by atoms with Gasteiger partial charge in [-0.1, -0.05) is 38.5 Å². The number of ketones is 1. The molecular weight excluding hydrogens is 440 g/mol. The molecule has 0 aromatic carbocycles. The van der Waals surface area contributed by atoms with Crippen molar-refractivity contribution in [2.45, 2.75) is 103 Å². The minimum atomic E-state index is -0.718. The molecule has 0 spiro atoms. The van der Waals surface area contributed by atoms with Crippen LogP contribution in [0, 0.1) is 0 Å². The van der Waals surface area contributed by atoms with Crippen LogP contribution in [0.1, 0.15) is 103 Å². The second kappa shape index (κ2) is 24.1. The number of rotatable bonds is 25. The fraction of sp³-hybridized carbons (Fsp3) is 0.840. The number of carboxylic acids is 1. The molecule has 0 fully saturated rings. The van der Waals surface area contributed by atoms with Crippen molar-refractivity contribution >= 4 is 23.6 Å². The van der Waals surface area contributed by atoms with Crippen LogP contribution < -0.4 is 10.6 Å². The van der Waals surface area contributed by atoms with Gasteiger partial charge in [0, 0.05) is 38.8 Å². The number of unbranched alkanes of at least 4 members (excludes halogenated alkanes) is 8. The molecule has 198 valence electrons. The van der Waals surface area contributed by atoms with Crippen LogP contribution in [-0.4, -0.2) is 61.8 Å². The van der Waals surface area contributed by atoms with E-state index in [0.717, 1.165) is 64.2 Å². The monoisotopic (exact) mass is 486 g/mol. The Balaban J connectivity index is 3.27. The first-order chi connectivity index (χ1) is 16.4. The van der Waals surface area contributed by atoms with Crippen molar-refractivity contribution in [1.29, 1.82) is 0 Å². The van der Waals surface area contributed by atoms with Crippen molar-refractivity contribution in [1.82, 2.24) is 10.6 Å². The maximum Gasteiger partial charge on any atom is 0.303 e. The fourth-order valence-corrected chi connectivity index (χ4v) is 3.28. The zero-order chi connectivity index (χ0) is 25.3. The number of ether oxygens (including phenoxy) is 2. The molecule has 0 saturated heterocycles. The number of aliphatic carboxylic acids is 1. The fourth-order valence-electron chi connectivity index (χ4n) is 3.28. The summed E-state index contributed by atoms with van der Waals surface area (Å²) in [5.74, 6) is -0.572. The quantitative estimate of drug-likeness (QED) is 0.132. The summed E-state index contributed by atoms with van der Waals surface area (Å²) in [5, 5.41) is 14.1. The van der Waals surface area contributed by atoms with E-state index in [1.807, 2.05) is 0 Å². The Morgan fingerprint density at radius 3 is 1.71 bits per heavy atom. The molecule has 9 heteroatoms. The smallest absolute Gasteiger partial charge is 0.303 e. The molecule has 9 nitrogen and oxygen atoms in total. The minimum absolute atomic E-state index is 0.0778. The molecule has 34 heavy (non-hydrogen) atoms. The van der Waals surface area contributed by atoms with Gasteiger partial charge in [0.1, 0.15) is 12.5 Å². The van der Waals surface area contributed by atoms with Gasteiger partial charge in [-0.05, 0) is 39.0 Å². The zero-order valence-corrected chi connectivity index (χ0v) is 21.0. The Kier molecular flexibility index (Phi) is 22.7. The third-order valence-corrected chi connectivity index (χ3v) is 5.26. The van der Waals surface area contributed by atoms with Crippen LogP contribution in [0.4, 0.5) is 0 Å². The van der Waals surface area contributed by atoms with Gasteiger partial charge in [-0.25, -0.2) is 0 Å². The van der Waals surface area contributed by atoms with E-state index in [9.17, 15) is 19.2 Å². The van der Waals surface area contributed by atoms with Crippen LogP contribution in [0.25, 0.3) is 0 Å². The Bertz CT molecular complexity index is 555. The molecule has 0 radical (unpaired) electrons. The van der Waals surface area contributed by atoms with Gasteiger partial charge in [-0.3, -0.25) is 14.4 Å². The second-order valence-electron chi connectivity index (χ2n) is 8.60. The predicted octanol–water partition coefficient (Wildman–Crippen LogP) is 3.73. The molecule has 3 N–H and O–H groups in total. The number of nitrogens with one attached hydrogen (secondary N) is 2. The topological polar surface area (TPSA) is 131 Å². The highest BCUT2D eigenvalue weighted by Gasteiger charge is 2.03. The van der Waals surface area contributed by atoms with E-state index in [4.69, 9.17) is 14.6 Å². The molecular formula is C25H46N2O7. The maximum absolute atomic E-state index is 11.8. The van der Waals surface area contributed by atoms with Gasteiger partial charge in [0.15, 0.2) is 0 Å². The largest absolute Gasteiger partial charge is 0.481 e. The molecule has 0 aliphatic carbocycles. The van der Waals surface area contributed by atoms with Crippen LogP contribution in [0.15, 0.2) is 0 Å². The summed E-state index contributed by atoms with van der Waals surface area (Å²) < 4.78 is 10.7. The zero-order valence-electron chi connectivity index (χ0n) is 21.0. The van der Waals surface area contributed by atoms with Gasteiger partial charge >= 0.3 is 5.97 Å². The lowest BCUT2D eigenvalue weighted by Crippen LogP contribution is -2.27. The molecule has 0 aliphatic heterocycles. The first-order valence-electron chi connectivity index (χ1n) is 12.8. The van der Waals surface area contributed by atoms with Crippen molar-refractivity contribution in [3.8, 4) is 0 Å². The number of hydrogen-bond acceptors (Lipinski definition) is 6. The van der Waals surface area contributed by atoms with Crippen molar-refractivity contribution in [2.24, 2.45) is 0 Å². The van der Waals surface area contributed by atoms with E-state index >= 15 is 0 Å². The lowest BCUT2D eigenvalue weighted by atomic mass is 10.1. The van der Waals surface area contributed by atoms with Crippen LogP contribution in [-0.2, 0) is 28.7 Å². The van der Waals surface area contributed by atoms with E-state index in [1.165, 1.54) is 0 Å². The Morgan fingerprint density at radius 1 is 0.588 bits per heavy atom. The summed E-state index contributed by atoms with van der Waals surface area (Å²) in [6.07, 6.45) is 12.1. The van der Waals surface area contributed by atoms with Crippen LogP contribution in [0.3, 0.4) is 0 Å². The van der Waals surface area contributed by atoms with Crippen LogP contribution >= 0.6 is 0 Å². The average molecular weight is 487 g/mol. The Labute approximate surface area is 204 Å². The van der Waals surface area contributed by atoms with Crippen LogP contribution in [0.5, 0.6) is 0 Å². The van der Waals surface area contributed by atoms with E-state index in [-0.39, 0.29) is 30.7 Å². The van der Waals surface area contributed by atoms with Crippen molar-refractivity contribution in [2.75, 3.05) is 33.1 Å². The maximum atomic E-state index is 11.8. The molecule has 0 saturated carbocycles. The summed E-state index contributed by atoms with van der Waals surface area (Å²) in [6.45, 7) is 3.66. The highest BCUT2D eigenvalue weighted by Crippen LogP contribution is 2.10. The summed E-state index contributed by atoms with van der Waals surface area (Å²) in [5.41, 5.74) is 0. The van der Waals surface area contributed by atoms with Gasteiger partial charge in [0.05, 0.1) is 13.2 Å². The molecule has 2 amide bonds. The number of carboxylic acid groups (broad SMARTS) is 1. The van der Waals surface area contributed by atoms with E-state index in [1.54, 1.807) is 6.92 Å². The number of hydrogen-bond donors (Lipinski definition) is 3. The van der Waals surface area contributed by atoms with Gasteiger partial charge in [-0.15, -0.1) is 0 Å². The van der Waals surface area contributed by atoms with Crippen LogP contribution in [0.2, 0.25) is 0 Å². The van der Waals surface area contributed by atoms with Gasteiger partial charge in [-0.2, -0.15) is 0 Å². The number of Topliss-reactive ketones (excluding diaryl/α,β-unsaturated/α-hetero) is 1. The standard InChI is InChI=1S/C25H46N2O7/c1-22(28)13-10-11-15-24(30)27-21-34-20-19-33-18-12-17-26-23(29)14-8-6-4-2-3-5-7-9-16-25(31)32/h2-21H2,1H3,(H,26,29)(H,27,30)(H,31,32). The van der Waals surface area contributed by atoms with Gasteiger partial charge < -0.3 is 30.0 Å². The SMILES string of the molecule is CC(=O)CCCCC(=O)NCOCCOCCCNC(=O)CCCCCCCCCCC(=O)O. The molecule has 0 aromatic heterocycles. The molecule has 0 aliphatic rings. The van der Waals surface area contributed by atoms with Crippen molar-refractivity contribution in [3.63, 3.8) is 0 Å². The molecule has 0 atom stereocenters. The van der Waals surface area contributed by atoms with E-state index in [0.29, 0.717) is 52.0 Å². The molecule has 0 unspecified atom stereocenters. The summed E-state index contributed by atoms with van der Waals surface area (Å²) in [6, 6.07) is 0. The Morgan fingerprint density at radius 2 is 1.09 bits per heavy atom. The first kappa shape index (κ1) is 32.0. The van der Waals surface area contributed by atoms with E-state index < -0.39 is 5.97 Å². The minimum Gasteiger partial charge on any atom is -0.481 e. The highest BCUT2D eigenvalue weighted by molar-refractivity contribution is 5.76. The number of carbonyl (C=O) groups excluding carboxylic acids is 3. The second-order valence-corrected chi connectivity index (χ2v) is 8.60. The number of carbonyl (C=O) groups is 4. The summed E-state index contributed by atoms with van der Waals surface area (Å²) in [4.78, 5) is 44.6. The highest BCUT2D eigenvalue weighted by atomic mass is 16.5. The summed E-state index contributed by atoms with van der Waals surface area (Å²) >= 11 is 0. The molecule has 0 rings (SSSR count). The number of amides is 2. The third-order valence-electron chi connectivity index (χ3n) is 5.26. The van der Waals surface area contributed by atoms with Crippen molar-refractivity contribution < 1.29 is 33.8 Å². The third kappa shape index (κ3) is 26.3. The van der Waals surface area contributed by atoms with Gasteiger partial charge in [0.25, 0.3) is 0 Å². The average Bonchev–Trinajstić information content (AvgIpc) is 2.78. The van der Waals surface area contributed by atoms with E-state index in [2.05, 4.69) is 10.6 Å². The molecule has 0 aromatic rings. The van der Waals surface area contributed by atoms with Gasteiger partial charge in [0.2, 0.25) is 11.8 Å². The normalized spacial score (nSPS) is 10.7. The van der Waals surface area contributed by atoms with Crippen molar-refractivity contribution in [3.05, 3.63) is 0 Å². The molecule has 0 heterocycles. The first-order valence-corrected chi connectivity index (χ1v) is 12.8. The lowest BCUT2D eigenvalue weighted by molar-refractivity contribution is -0.137. The Hall–Kier alpha value is -2.00. The summed E-state index contributed by atoms with van der Waals surface area (Å²) in [7, 11) is 0. The predicted molar refractivity (Wildman–Crippen MR) is 130 cm³/mol. The molecule has 0 bridgehead atoms. The lowest BCUT2D eigenvalue weighted by Gasteiger charge is -2.08.